The van der Waals surface area contributed by atoms with Crippen molar-refractivity contribution >= 4 is 7.91 Å². The summed E-state index contributed by atoms with van der Waals surface area (Å²) in [5.41, 5.74) is 0. The Kier molecular flexibility index (Phi) is 45.3. The van der Waals surface area contributed by atoms with Crippen LogP contribution < -0.4 is 68.9 Å². The van der Waals surface area contributed by atoms with Crippen LogP contribution >= 0.6 is 7.91 Å². The smallest absolute Gasteiger partial charge is 0.786 e. The molecular formula is C24H50FNa2O4P. The summed E-state index contributed by atoms with van der Waals surface area (Å²) in [4.78, 5) is 16.9. The maximum absolute atomic E-state index is 10.1. The second-order valence-electron chi connectivity index (χ2n) is 8.41. The van der Waals surface area contributed by atoms with Crippen LogP contribution in [0.5, 0.6) is 0 Å². The quantitative estimate of drug-likeness (QED) is 0.129. The van der Waals surface area contributed by atoms with E-state index in [1.807, 2.05) is 0 Å². The summed E-state index contributed by atoms with van der Waals surface area (Å²) < 4.78 is 24.3. The molecule has 0 saturated carbocycles. The molecule has 0 radical (unpaired) electrons. The minimum atomic E-state index is -5.64. The summed E-state index contributed by atoms with van der Waals surface area (Å²) in [5, 5.41) is 0. The third-order valence-electron chi connectivity index (χ3n) is 5.28. The number of hydrogen-bond acceptors (Lipinski definition) is 4. The number of rotatable bonds is 22. The Bertz CT molecular complexity index is 331. The molecule has 0 N–H and O–H groups in total. The summed E-state index contributed by atoms with van der Waals surface area (Å²) in [6.45, 7) is 6.57. The molecule has 4 nitrogen and oxygen atoms in total. The summed E-state index contributed by atoms with van der Waals surface area (Å²) >= 11 is 0. The van der Waals surface area contributed by atoms with E-state index in [0.29, 0.717) is 0 Å². The molecule has 0 spiro atoms. The molecule has 184 valence electrons. The van der Waals surface area contributed by atoms with E-state index in [0.717, 1.165) is 13.2 Å². The Morgan fingerprint density at radius 2 is 0.719 bits per heavy atom. The number of hydrogen-bond donors (Lipinski definition) is 0. The summed E-state index contributed by atoms with van der Waals surface area (Å²) in [7, 11) is -5.64. The van der Waals surface area contributed by atoms with Gasteiger partial charge in [-0.2, -0.15) is 0 Å². The molecule has 0 bridgehead atoms. The molecule has 0 aliphatic carbocycles. The van der Waals surface area contributed by atoms with Crippen molar-refractivity contribution in [3.63, 3.8) is 0 Å². The van der Waals surface area contributed by atoms with Gasteiger partial charge >= 0.3 is 59.1 Å². The van der Waals surface area contributed by atoms with E-state index in [9.17, 15) is 4.20 Å². The number of unbranched alkanes of at least 4 members (excludes halogenated alkanes) is 18. The zero-order chi connectivity index (χ0) is 22.8. The van der Waals surface area contributed by atoms with E-state index < -0.39 is 7.91 Å². The Balaban J connectivity index is -0.000000501. The normalized spacial score (nSPS) is 10.7. The van der Waals surface area contributed by atoms with E-state index >= 15 is 0 Å². The topological polar surface area (TPSA) is 72.4 Å². The van der Waals surface area contributed by atoms with Gasteiger partial charge in [0, 0.05) is 13.2 Å². The molecule has 0 aromatic carbocycles. The van der Waals surface area contributed by atoms with Crippen LogP contribution in [0.3, 0.4) is 0 Å². The monoisotopic (exact) mass is 498 g/mol. The van der Waals surface area contributed by atoms with Gasteiger partial charge in [-0.3, -0.25) is 0 Å². The van der Waals surface area contributed by atoms with Gasteiger partial charge in [-0.25, -0.2) is 4.20 Å². The summed E-state index contributed by atoms with van der Waals surface area (Å²) in [5.74, 6) is 0. The first-order valence-electron chi connectivity index (χ1n) is 12.7. The van der Waals surface area contributed by atoms with Crippen molar-refractivity contribution in [2.24, 2.45) is 0 Å². The van der Waals surface area contributed by atoms with Gasteiger partial charge in [0.05, 0.1) is 0 Å². The van der Waals surface area contributed by atoms with Crippen molar-refractivity contribution in [1.29, 1.82) is 0 Å². The molecule has 0 heterocycles. The van der Waals surface area contributed by atoms with Crippen molar-refractivity contribution in [1.82, 2.24) is 0 Å². The van der Waals surface area contributed by atoms with E-state index in [1.54, 1.807) is 0 Å². The molecule has 0 aromatic rings. The maximum atomic E-state index is 10.1. The SMILES string of the molecule is CCCCCCCCCCCCOCCCCCCCCCCCC.O=P([O-])([O-])F.[Na+].[Na+]. The van der Waals surface area contributed by atoms with Gasteiger partial charge in [0.1, 0.15) is 7.91 Å². The molecule has 0 rings (SSSR count). The van der Waals surface area contributed by atoms with Crippen molar-refractivity contribution in [2.75, 3.05) is 13.2 Å². The second kappa shape index (κ2) is 35.2. The largest absolute Gasteiger partial charge is 1.00 e. The van der Waals surface area contributed by atoms with Crippen LogP contribution in [0.15, 0.2) is 0 Å². The maximum Gasteiger partial charge on any atom is 1.00 e. The van der Waals surface area contributed by atoms with Crippen LogP contribution in [-0.2, 0) is 9.30 Å². The second-order valence-corrected chi connectivity index (χ2v) is 9.27. The molecule has 0 atom stereocenters. The van der Waals surface area contributed by atoms with Crippen LogP contribution in [0.1, 0.15) is 142 Å². The van der Waals surface area contributed by atoms with Crippen LogP contribution in [0, 0.1) is 0 Å². The van der Waals surface area contributed by atoms with Crippen molar-refractivity contribution in [3.05, 3.63) is 0 Å². The molecule has 0 saturated heterocycles. The molecule has 0 amide bonds. The number of halogens is 1. The fourth-order valence-corrected chi connectivity index (χ4v) is 3.49. The number of ether oxygens (including phenoxy) is 1. The third-order valence-corrected chi connectivity index (χ3v) is 5.28. The fourth-order valence-electron chi connectivity index (χ4n) is 3.49. The average molecular weight is 499 g/mol. The van der Waals surface area contributed by atoms with Crippen molar-refractivity contribution < 1.29 is 82.4 Å². The van der Waals surface area contributed by atoms with Crippen molar-refractivity contribution in [3.8, 4) is 0 Å². The van der Waals surface area contributed by atoms with E-state index in [-0.39, 0.29) is 59.1 Å². The predicted molar refractivity (Wildman–Crippen MR) is 123 cm³/mol. The summed E-state index contributed by atoms with van der Waals surface area (Å²) in [6, 6.07) is 0. The van der Waals surface area contributed by atoms with Crippen LogP contribution in [0.2, 0.25) is 0 Å². The zero-order valence-electron chi connectivity index (χ0n) is 22.0. The van der Waals surface area contributed by atoms with Gasteiger partial charge in [-0.1, -0.05) is 129 Å². The molecule has 0 unspecified atom stereocenters. The minimum Gasteiger partial charge on any atom is -0.786 e. The Hall–Kier alpha value is 2.04. The Morgan fingerprint density at radius 3 is 0.938 bits per heavy atom. The van der Waals surface area contributed by atoms with Gasteiger partial charge in [-0.05, 0) is 12.8 Å². The van der Waals surface area contributed by atoms with Crippen molar-refractivity contribution in [2.45, 2.75) is 142 Å². The van der Waals surface area contributed by atoms with Gasteiger partial charge in [-0.15, -0.1) is 0 Å². The van der Waals surface area contributed by atoms with E-state index in [4.69, 9.17) is 19.1 Å². The van der Waals surface area contributed by atoms with Gasteiger partial charge in [0.2, 0.25) is 0 Å². The summed E-state index contributed by atoms with van der Waals surface area (Å²) in [6.07, 6.45) is 28.2. The zero-order valence-corrected chi connectivity index (χ0v) is 26.9. The first kappa shape index (κ1) is 41.2. The molecular weight excluding hydrogens is 448 g/mol. The van der Waals surface area contributed by atoms with Gasteiger partial charge < -0.3 is 19.1 Å². The Labute approximate surface area is 243 Å². The molecule has 0 fully saturated rings. The van der Waals surface area contributed by atoms with E-state index in [1.165, 1.54) is 128 Å². The molecule has 8 heteroatoms. The first-order chi connectivity index (χ1) is 14.4. The fraction of sp³-hybridized carbons (Fsp3) is 1.00. The standard InChI is InChI=1S/C24H50O.FH2O3P.2Na/c1-3-5-7-9-11-13-15-17-19-21-23-25-24-22-20-18-16-14-12-10-8-6-4-2;1-5(2,3)4;;/h3-24H2,1-2H3;(H2,2,3,4);;/q;;2*+1/p-2. The van der Waals surface area contributed by atoms with Crippen LogP contribution in [0.25, 0.3) is 0 Å². The molecule has 0 aliphatic heterocycles. The first-order valence-corrected chi connectivity index (χ1v) is 14.1. The van der Waals surface area contributed by atoms with Crippen LogP contribution in [0.4, 0.5) is 4.20 Å². The Morgan fingerprint density at radius 1 is 0.531 bits per heavy atom. The minimum absolute atomic E-state index is 0. The third kappa shape index (κ3) is 53.4. The van der Waals surface area contributed by atoms with Gasteiger partial charge in [0.25, 0.3) is 0 Å². The average Bonchev–Trinajstić information content (AvgIpc) is 2.68. The van der Waals surface area contributed by atoms with E-state index in [2.05, 4.69) is 13.8 Å². The van der Waals surface area contributed by atoms with Gasteiger partial charge in [0.15, 0.2) is 0 Å². The molecule has 0 aromatic heterocycles. The van der Waals surface area contributed by atoms with Crippen LogP contribution in [-0.4, -0.2) is 13.2 Å². The molecule has 32 heavy (non-hydrogen) atoms. The molecule has 0 aliphatic rings. The predicted octanol–water partition coefficient (Wildman–Crippen LogP) is 1.64.